The molecule has 0 saturated carbocycles. The molecular weight excluding hydrogens is 336 g/mol. The average molecular weight is 361 g/mol. The lowest BCUT2D eigenvalue weighted by Crippen LogP contribution is -2.19. The van der Waals surface area contributed by atoms with Crippen LogP contribution in [0.15, 0.2) is 35.3 Å². The first-order valence-electron chi connectivity index (χ1n) is 8.30. The van der Waals surface area contributed by atoms with Gasteiger partial charge in [-0.2, -0.15) is 5.26 Å². The fourth-order valence-corrected chi connectivity index (χ4v) is 3.66. The van der Waals surface area contributed by atoms with Crippen molar-refractivity contribution in [3.05, 3.63) is 35.9 Å². The second-order valence-corrected chi connectivity index (χ2v) is 7.45. The van der Waals surface area contributed by atoms with Crippen LogP contribution in [0.5, 0.6) is 0 Å². The van der Waals surface area contributed by atoms with Gasteiger partial charge in [0.2, 0.25) is 0 Å². The molecule has 1 aliphatic heterocycles. The zero-order valence-electron chi connectivity index (χ0n) is 13.4. The summed E-state index contributed by atoms with van der Waals surface area (Å²) in [4.78, 5) is 5.02. The van der Waals surface area contributed by atoms with E-state index in [1.54, 1.807) is 0 Å². The van der Waals surface area contributed by atoms with Crippen molar-refractivity contribution in [2.24, 2.45) is 4.99 Å². The Morgan fingerprint density at radius 3 is 2.73 bits per heavy atom. The third kappa shape index (κ3) is 4.95. The van der Waals surface area contributed by atoms with Gasteiger partial charge in [0.15, 0.2) is 0 Å². The van der Waals surface area contributed by atoms with Gasteiger partial charge in [0.25, 0.3) is 0 Å². The van der Waals surface area contributed by atoms with Gasteiger partial charge in [0, 0.05) is 5.71 Å². The minimum Gasteiger partial charge on any atom is -0.279 e. The van der Waals surface area contributed by atoms with Crippen molar-refractivity contribution < 1.29 is 0 Å². The zero-order valence-corrected chi connectivity index (χ0v) is 15.0. The van der Waals surface area contributed by atoms with E-state index in [0.29, 0.717) is 4.95 Å². The number of alkyl halides is 1. The summed E-state index contributed by atoms with van der Waals surface area (Å²) in [7, 11) is 0. The van der Waals surface area contributed by atoms with Crippen molar-refractivity contribution in [2.45, 2.75) is 68.7 Å². The summed E-state index contributed by atoms with van der Waals surface area (Å²) in [5.41, 5.74) is 2.15. The van der Waals surface area contributed by atoms with Gasteiger partial charge in [-0.05, 0) is 51.0 Å². The third-order valence-corrected chi connectivity index (χ3v) is 5.19. The predicted octanol–water partition coefficient (Wildman–Crippen LogP) is 5.76. The van der Waals surface area contributed by atoms with E-state index in [0.717, 1.165) is 24.8 Å². The van der Waals surface area contributed by atoms with Gasteiger partial charge in [-0.25, -0.2) is 0 Å². The van der Waals surface area contributed by atoms with Crippen LogP contribution in [-0.2, 0) is 5.41 Å². The van der Waals surface area contributed by atoms with E-state index in [1.807, 2.05) is 18.2 Å². The maximum Gasteiger partial charge on any atom is 0.105 e. The van der Waals surface area contributed by atoms with Crippen LogP contribution < -0.4 is 0 Å². The van der Waals surface area contributed by atoms with E-state index < -0.39 is 0 Å². The van der Waals surface area contributed by atoms with Gasteiger partial charge in [0.05, 0.1) is 11.5 Å². The summed E-state index contributed by atoms with van der Waals surface area (Å²) in [6, 6.07) is 12.7. The third-order valence-electron chi connectivity index (χ3n) is 4.53. The van der Waals surface area contributed by atoms with Gasteiger partial charge < -0.3 is 0 Å². The summed E-state index contributed by atoms with van der Waals surface area (Å²) < 4.78 is 0. The molecule has 0 N–H and O–H groups in total. The first-order valence-corrected chi connectivity index (χ1v) is 9.22. The minimum atomic E-state index is -0.357. The van der Waals surface area contributed by atoms with E-state index >= 15 is 0 Å². The van der Waals surface area contributed by atoms with Crippen LogP contribution in [0.1, 0.15) is 63.9 Å². The quantitative estimate of drug-likeness (QED) is 0.345. The Hall–Kier alpha value is -1.14. The summed E-state index contributed by atoms with van der Waals surface area (Å²) in [5, 5.41) is 9.55. The van der Waals surface area contributed by atoms with Gasteiger partial charge >= 0.3 is 0 Å². The molecule has 2 atom stereocenters. The zero-order chi connectivity index (χ0) is 15.8. The van der Waals surface area contributed by atoms with Crippen LogP contribution in [0.25, 0.3) is 0 Å². The number of nitrogens with zero attached hydrogens (tertiary/aromatic N) is 2. The molecule has 0 spiro atoms. The molecule has 3 heteroatoms. The van der Waals surface area contributed by atoms with Crippen molar-refractivity contribution in [2.75, 3.05) is 0 Å². The van der Waals surface area contributed by atoms with E-state index in [4.69, 9.17) is 0 Å². The standard InChI is InChI=1S/C19H25BrN2/c1-19(15-21,16-9-4-2-5-10-16)14-7-3-6-11-17-12-8-13-18(20)22-17/h2,4-5,9-10,18H,3,6-8,11-14H2,1H3. The first-order chi connectivity index (χ1) is 10.6. The number of rotatable bonds is 7. The summed E-state index contributed by atoms with van der Waals surface area (Å²) in [6.45, 7) is 2.06. The average Bonchev–Trinajstić information content (AvgIpc) is 2.55. The molecule has 1 heterocycles. The molecule has 0 amide bonds. The van der Waals surface area contributed by atoms with Crippen LogP contribution >= 0.6 is 15.9 Å². The lowest BCUT2D eigenvalue weighted by Gasteiger charge is -2.22. The van der Waals surface area contributed by atoms with E-state index in [9.17, 15) is 5.26 Å². The van der Waals surface area contributed by atoms with Gasteiger partial charge in [-0.15, -0.1) is 0 Å². The summed E-state index contributed by atoms with van der Waals surface area (Å²) in [6.07, 6.45) is 9.12. The Morgan fingerprint density at radius 2 is 2.05 bits per heavy atom. The predicted molar refractivity (Wildman–Crippen MR) is 96.5 cm³/mol. The van der Waals surface area contributed by atoms with Gasteiger partial charge in [0.1, 0.15) is 4.95 Å². The van der Waals surface area contributed by atoms with Crippen molar-refractivity contribution in [1.82, 2.24) is 0 Å². The second kappa shape index (κ2) is 8.48. The Bertz CT molecular complexity index is 532. The number of halogens is 1. The number of benzene rings is 1. The molecule has 118 valence electrons. The number of unbranched alkanes of at least 4 members (excludes halogenated alkanes) is 2. The number of aliphatic imine (C=N–C) groups is 1. The molecule has 2 unspecified atom stereocenters. The molecule has 0 aromatic heterocycles. The molecule has 1 aromatic carbocycles. The minimum absolute atomic E-state index is 0.344. The van der Waals surface area contributed by atoms with E-state index in [2.05, 4.69) is 46.0 Å². The van der Waals surface area contributed by atoms with Crippen molar-refractivity contribution >= 4 is 21.6 Å². The summed E-state index contributed by atoms with van der Waals surface area (Å²) in [5.74, 6) is 0. The lowest BCUT2D eigenvalue weighted by molar-refractivity contribution is 0.505. The highest BCUT2D eigenvalue weighted by Gasteiger charge is 2.25. The molecule has 1 aromatic rings. The van der Waals surface area contributed by atoms with Crippen LogP contribution in [0.3, 0.4) is 0 Å². The number of hydrogen-bond acceptors (Lipinski definition) is 2. The fraction of sp³-hybridized carbons (Fsp3) is 0.579. The van der Waals surface area contributed by atoms with Crippen molar-refractivity contribution in [3.8, 4) is 6.07 Å². The Morgan fingerprint density at radius 1 is 1.27 bits per heavy atom. The molecular formula is C19H25BrN2. The van der Waals surface area contributed by atoms with Crippen LogP contribution in [0.2, 0.25) is 0 Å². The Kier molecular flexibility index (Phi) is 6.64. The Balaban J connectivity index is 1.75. The van der Waals surface area contributed by atoms with Crippen LogP contribution in [0.4, 0.5) is 0 Å². The fourth-order valence-electron chi connectivity index (χ4n) is 3.05. The largest absolute Gasteiger partial charge is 0.279 e. The lowest BCUT2D eigenvalue weighted by atomic mass is 9.79. The highest BCUT2D eigenvalue weighted by molar-refractivity contribution is 9.09. The Labute approximate surface area is 142 Å². The van der Waals surface area contributed by atoms with Crippen LogP contribution in [-0.4, -0.2) is 10.7 Å². The monoisotopic (exact) mass is 360 g/mol. The highest BCUT2D eigenvalue weighted by atomic mass is 79.9. The van der Waals surface area contributed by atoms with Gasteiger partial charge in [-0.1, -0.05) is 59.1 Å². The topological polar surface area (TPSA) is 36.1 Å². The van der Waals surface area contributed by atoms with Crippen molar-refractivity contribution in [1.29, 1.82) is 5.26 Å². The van der Waals surface area contributed by atoms with Crippen LogP contribution in [0, 0.1) is 11.3 Å². The summed E-state index contributed by atoms with van der Waals surface area (Å²) >= 11 is 3.59. The molecule has 2 nitrogen and oxygen atoms in total. The maximum atomic E-state index is 9.55. The molecule has 1 aliphatic rings. The van der Waals surface area contributed by atoms with E-state index in [1.165, 1.54) is 37.8 Å². The van der Waals surface area contributed by atoms with Gasteiger partial charge in [-0.3, -0.25) is 4.99 Å². The van der Waals surface area contributed by atoms with E-state index in [-0.39, 0.29) is 5.41 Å². The smallest absolute Gasteiger partial charge is 0.105 e. The first kappa shape index (κ1) is 17.2. The number of hydrogen-bond donors (Lipinski definition) is 0. The maximum absolute atomic E-state index is 9.55. The second-order valence-electron chi connectivity index (χ2n) is 6.39. The highest BCUT2D eigenvalue weighted by Crippen LogP contribution is 2.29. The SMILES string of the molecule is CC(C#N)(CCCCCC1=NC(Br)CCC1)c1ccccc1. The molecule has 0 fully saturated rings. The molecule has 2 rings (SSSR count). The van der Waals surface area contributed by atoms with Crippen molar-refractivity contribution in [3.63, 3.8) is 0 Å². The molecule has 22 heavy (non-hydrogen) atoms. The molecule has 0 bridgehead atoms. The number of nitriles is 1. The molecule has 0 aliphatic carbocycles. The normalized spacial score (nSPS) is 20.8. The molecule has 0 radical (unpaired) electrons. The molecule has 0 saturated heterocycles.